The van der Waals surface area contributed by atoms with Crippen LogP contribution in [0.15, 0.2) is 24.5 Å². The Morgan fingerprint density at radius 1 is 1.31 bits per heavy atom. The molecule has 0 atom stereocenters. The van der Waals surface area contributed by atoms with E-state index in [0.29, 0.717) is 6.04 Å². The van der Waals surface area contributed by atoms with Crippen LogP contribution in [-0.4, -0.2) is 22.6 Å². The fourth-order valence-electron chi connectivity index (χ4n) is 2.38. The van der Waals surface area contributed by atoms with Gasteiger partial charge < -0.3 is 9.88 Å². The lowest BCUT2D eigenvalue weighted by Crippen LogP contribution is -2.29. The average molecular weight is 236 g/mol. The normalized spacial score (nSPS) is 18.1. The van der Waals surface area contributed by atoms with Crippen molar-refractivity contribution in [3.63, 3.8) is 0 Å². The SMILES string of the molecule is Clc1ccc2c(c1)ncn2C1CCNCC1. The maximum atomic E-state index is 5.95. The summed E-state index contributed by atoms with van der Waals surface area (Å²) in [5, 5.41) is 4.13. The third kappa shape index (κ3) is 1.70. The zero-order chi connectivity index (χ0) is 11.0. The topological polar surface area (TPSA) is 29.9 Å². The van der Waals surface area contributed by atoms with Gasteiger partial charge >= 0.3 is 0 Å². The van der Waals surface area contributed by atoms with E-state index in [-0.39, 0.29) is 0 Å². The molecule has 0 spiro atoms. The van der Waals surface area contributed by atoms with Crippen molar-refractivity contribution in [1.82, 2.24) is 14.9 Å². The molecule has 3 nitrogen and oxygen atoms in total. The number of nitrogens with one attached hydrogen (secondary N) is 1. The van der Waals surface area contributed by atoms with Crippen LogP contribution in [0.3, 0.4) is 0 Å². The lowest BCUT2D eigenvalue weighted by atomic mass is 10.1. The smallest absolute Gasteiger partial charge is 0.0960 e. The summed E-state index contributed by atoms with van der Waals surface area (Å²) >= 11 is 5.95. The van der Waals surface area contributed by atoms with E-state index < -0.39 is 0 Å². The van der Waals surface area contributed by atoms with Crippen molar-refractivity contribution in [3.05, 3.63) is 29.5 Å². The minimum atomic E-state index is 0.576. The molecule has 1 aromatic carbocycles. The number of nitrogens with zero attached hydrogens (tertiary/aromatic N) is 2. The summed E-state index contributed by atoms with van der Waals surface area (Å²) < 4.78 is 2.28. The summed E-state index contributed by atoms with van der Waals surface area (Å²) in [6, 6.07) is 6.50. The van der Waals surface area contributed by atoms with Crippen LogP contribution in [-0.2, 0) is 0 Å². The van der Waals surface area contributed by atoms with E-state index in [9.17, 15) is 0 Å². The van der Waals surface area contributed by atoms with Crippen LogP contribution in [0.5, 0.6) is 0 Å². The molecule has 16 heavy (non-hydrogen) atoms. The summed E-state index contributed by atoms with van der Waals surface area (Å²) in [6.07, 6.45) is 4.29. The minimum Gasteiger partial charge on any atom is -0.327 e. The van der Waals surface area contributed by atoms with Crippen LogP contribution in [0.1, 0.15) is 18.9 Å². The molecule has 1 saturated heterocycles. The first-order valence-electron chi connectivity index (χ1n) is 5.67. The number of aromatic nitrogens is 2. The zero-order valence-electron chi connectivity index (χ0n) is 8.99. The van der Waals surface area contributed by atoms with Crippen LogP contribution in [0.4, 0.5) is 0 Å². The van der Waals surface area contributed by atoms with Gasteiger partial charge in [-0.15, -0.1) is 0 Å². The Hall–Kier alpha value is -1.06. The van der Waals surface area contributed by atoms with Gasteiger partial charge in [0.2, 0.25) is 0 Å². The fraction of sp³-hybridized carbons (Fsp3) is 0.417. The van der Waals surface area contributed by atoms with E-state index in [2.05, 4.69) is 20.9 Å². The van der Waals surface area contributed by atoms with Crippen LogP contribution < -0.4 is 5.32 Å². The van der Waals surface area contributed by atoms with Gasteiger partial charge in [-0.1, -0.05) is 11.6 Å². The second-order valence-electron chi connectivity index (χ2n) is 4.27. The minimum absolute atomic E-state index is 0.576. The number of piperidine rings is 1. The van der Waals surface area contributed by atoms with E-state index in [1.54, 1.807) is 0 Å². The van der Waals surface area contributed by atoms with Crippen molar-refractivity contribution in [1.29, 1.82) is 0 Å². The van der Waals surface area contributed by atoms with Crippen LogP contribution in [0.2, 0.25) is 5.02 Å². The third-order valence-corrected chi connectivity index (χ3v) is 3.47. The molecular formula is C12H14ClN3. The van der Waals surface area contributed by atoms with E-state index in [1.165, 1.54) is 18.4 Å². The lowest BCUT2D eigenvalue weighted by Gasteiger charge is -2.24. The molecule has 1 N–H and O–H groups in total. The average Bonchev–Trinajstić information content (AvgIpc) is 2.73. The van der Waals surface area contributed by atoms with Gasteiger partial charge in [0.15, 0.2) is 0 Å². The summed E-state index contributed by atoms with van der Waals surface area (Å²) in [7, 11) is 0. The molecule has 4 heteroatoms. The highest BCUT2D eigenvalue weighted by Gasteiger charge is 2.16. The predicted octanol–water partition coefficient (Wildman–Crippen LogP) is 2.61. The molecule has 3 rings (SSSR count). The second kappa shape index (κ2) is 4.07. The van der Waals surface area contributed by atoms with Gasteiger partial charge in [0.05, 0.1) is 17.4 Å². The Morgan fingerprint density at radius 2 is 2.12 bits per heavy atom. The van der Waals surface area contributed by atoms with Crippen LogP contribution in [0.25, 0.3) is 11.0 Å². The molecule has 84 valence electrons. The third-order valence-electron chi connectivity index (χ3n) is 3.24. The van der Waals surface area contributed by atoms with Crippen molar-refractivity contribution in [3.8, 4) is 0 Å². The summed E-state index contributed by atoms with van der Waals surface area (Å²) in [6.45, 7) is 2.19. The second-order valence-corrected chi connectivity index (χ2v) is 4.70. The molecule has 0 radical (unpaired) electrons. The van der Waals surface area contributed by atoms with Crippen LogP contribution >= 0.6 is 11.6 Å². The Bertz CT molecular complexity index is 500. The van der Waals surface area contributed by atoms with Gasteiger partial charge in [-0.25, -0.2) is 4.98 Å². The summed E-state index contributed by atoms with van der Waals surface area (Å²) in [4.78, 5) is 4.41. The number of rotatable bonds is 1. The largest absolute Gasteiger partial charge is 0.327 e. The van der Waals surface area contributed by atoms with Crippen molar-refractivity contribution in [2.24, 2.45) is 0 Å². The number of benzene rings is 1. The van der Waals surface area contributed by atoms with Gasteiger partial charge in [0, 0.05) is 11.1 Å². The van der Waals surface area contributed by atoms with Gasteiger partial charge in [-0.3, -0.25) is 0 Å². The molecule has 0 saturated carbocycles. The summed E-state index contributed by atoms with van der Waals surface area (Å²) in [5.41, 5.74) is 2.18. The number of fused-ring (bicyclic) bond motifs is 1. The number of hydrogen-bond acceptors (Lipinski definition) is 2. The number of imidazole rings is 1. The Kier molecular flexibility index (Phi) is 2.58. The quantitative estimate of drug-likeness (QED) is 0.824. The monoisotopic (exact) mass is 235 g/mol. The summed E-state index contributed by atoms with van der Waals surface area (Å²) in [5.74, 6) is 0. The Labute approximate surface area is 99.4 Å². The van der Waals surface area contributed by atoms with Crippen molar-refractivity contribution < 1.29 is 0 Å². The molecule has 1 fully saturated rings. The van der Waals surface area contributed by atoms with Gasteiger partial charge in [-0.05, 0) is 44.1 Å². The maximum Gasteiger partial charge on any atom is 0.0960 e. The Balaban J connectivity index is 2.03. The first-order chi connectivity index (χ1) is 7.84. The fourth-order valence-corrected chi connectivity index (χ4v) is 2.55. The molecule has 1 aliphatic heterocycles. The highest BCUT2D eigenvalue weighted by Crippen LogP contribution is 2.25. The number of halogens is 1. The van der Waals surface area contributed by atoms with Gasteiger partial charge in [-0.2, -0.15) is 0 Å². The van der Waals surface area contributed by atoms with E-state index in [0.717, 1.165) is 23.6 Å². The van der Waals surface area contributed by atoms with Crippen LogP contribution in [0, 0.1) is 0 Å². The standard InChI is InChI=1S/C12H14ClN3/c13-9-1-2-12-11(7-9)15-8-16(12)10-3-5-14-6-4-10/h1-2,7-8,10,14H,3-6H2. The Morgan fingerprint density at radius 3 is 2.94 bits per heavy atom. The van der Waals surface area contributed by atoms with Crippen molar-refractivity contribution in [2.75, 3.05) is 13.1 Å². The molecule has 2 heterocycles. The molecule has 1 aromatic heterocycles. The molecule has 2 aromatic rings. The predicted molar refractivity (Wildman–Crippen MR) is 65.9 cm³/mol. The first kappa shape index (κ1) is 10.1. The molecule has 0 amide bonds. The molecular weight excluding hydrogens is 222 g/mol. The zero-order valence-corrected chi connectivity index (χ0v) is 9.74. The highest BCUT2D eigenvalue weighted by atomic mass is 35.5. The molecule has 0 aliphatic carbocycles. The molecule has 0 bridgehead atoms. The van der Waals surface area contributed by atoms with Gasteiger partial charge in [0.1, 0.15) is 0 Å². The van der Waals surface area contributed by atoms with E-state index in [4.69, 9.17) is 11.6 Å². The van der Waals surface area contributed by atoms with Gasteiger partial charge in [0.25, 0.3) is 0 Å². The van der Waals surface area contributed by atoms with Crippen molar-refractivity contribution >= 4 is 22.6 Å². The molecule has 1 aliphatic rings. The van der Waals surface area contributed by atoms with Crippen molar-refractivity contribution in [2.45, 2.75) is 18.9 Å². The van der Waals surface area contributed by atoms with E-state index >= 15 is 0 Å². The number of hydrogen-bond donors (Lipinski definition) is 1. The highest BCUT2D eigenvalue weighted by molar-refractivity contribution is 6.31. The van der Waals surface area contributed by atoms with E-state index in [1.807, 2.05) is 18.5 Å². The maximum absolute atomic E-state index is 5.95. The lowest BCUT2D eigenvalue weighted by molar-refractivity contribution is 0.374. The molecule has 0 unspecified atom stereocenters. The first-order valence-corrected chi connectivity index (χ1v) is 6.05.